The number of hydrogen-bond donors (Lipinski definition) is 1. The molecule has 3 rings (SSSR count). The molecule has 0 aliphatic rings. The van der Waals surface area contributed by atoms with Crippen LogP contribution in [0.15, 0.2) is 77.7 Å². The summed E-state index contributed by atoms with van der Waals surface area (Å²) in [7, 11) is -3.94. The second-order valence-corrected chi connectivity index (χ2v) is 8.84. The van der Waals surface area contributed by atoms with E-state index in [0.717, 1.165) is 15.4 Å². The normalized spacial score (nSPS) is 11.1. The molecule has 0 fully saturated rings. The molecule has 0 aromatic heterocycles. The van der Waals surface area contributed by atoms with Crippen LogP contribution in [0.1, 0.15) is 11.1 Å². The Bertz CT molecular complexity index is 1130. The zero-order valence-corrected chi connectivity index (χ0v) is 17.7. The van der Waals surface area contributed by atoms with Gasteiger partial charge in [0, 0.05) is 10.7 Å². The maximum atomic E-state index is 13.3. The van der Waals surface area contributed by atoms with Gasteiger partial charge in [-0.25, -0.2) is 8.42 Å². The molecule has 150 valence electrons. The van der Waals surface area contributed by atoms with Gasteiger partial charge in [0.25, 0.3) is 10.0 Å². The summed E-state index contributed by atoms with van der Waals surface area (Å²) in [5, 5.41) is 3.29. The number of nitrogens with one attached hydrogen (secondary N) is 1. The van der Waals surface area contributed by atoms with Crippen LogP contribution in [0.2, 0.25) is 5.02 Å². The number of benzene rings is 3. The molecule has 0 saturated heterocycles. The van der Waals surface area contributed by atoms with E-state index in [4.69, 9.17) is 11.6 Å². The molecule has 0 spiro atoms. The molecule has 1 N–H and O–H groups in total. The molecule has 0 unspecified atom stereocenters. The Balaban J connectivity index is 1.97. The fourth-order valence-corrected chi connectivity index (χ4v) is 4.61. The van der Waals surface area contributed by atoms with E-state index in [1.807, 2.05) is 19.1 Å². The number of halogens is 1. The van der Waals surface area contributed by atoms with Gasteiger partial charge in [-0.15, -0.1) is 0 Å². The van der Waals surface area contributed by atoms with Gasteiger partial charge < -0.3 is 5.32 Å². The van der Waals surface area contributed by atoms with Crippen molar-refractivity contribution in [2.24, 2.45) is 0 Å². The molecule has 3 aromatic rings. The highest BCUT2D eigenvalue weighted by molar-refractivity contribution is 7.92. The average molecular weight is 429 g/mol. The third-order valence-corrected chi connectivity index (χ3v) is 6.73. The summed E-state index contributed by atoms with van der Waals surface area (Å²) >= 11 is 6.11. The molecular weight excluding hydrogens is 408 g/mol. The zero-order valence-electron chi connectivity index (χ0n) is 16.1. The summed E-state index contributed by atoms with van der Waals surface area (Å²) in [5.74, 6) is -0.460. The van der Waals surface area contributed by atoms with Crippen LogP contribution in [0.5, 0.6) is 0 Å². The standard InChI is InChI=1S/C22H21ClN2O3S/c1-16-9-6-7-14-21(16)25(29(27,28)18-10-4-3-5-11-18)15-22(26)24-20-13-8-12-19(23)17(20)2/h3-14H,15H2,1-2H3,(H,24,26). The molecule has 1 amide bonds. The van der Waals surface area contributed by atoms with Crippen molar-refractivity contribution >= 4 is 38.9 Å². The van der Waals surface area contributed by atoms with Crippen molar-refractivity contribution in [2.45, 2.75) is 18.7 Å². The molecular formula is C22H21ClN2O3S. The number of aryl methyl sites for hydroxylation is 1. The molecule has 5 nitrogen and oxygen atoms in total. The van der Waals surface area contributed by atoms with Crippen molar-refractivity contribution < 1.29 is 13.2 Å². The van der Waals surface area contributed by atoms with Crippen LogP contribution in [0, 0.1) is 13.8 Å². The smallest absolute Gasteiger partial charge is 0.264 e. The van der Waals surface area contributed by atoms with Gasteiger partial charge in [0.2, 0.25) is 5.91 Å². The van der Waals surface area contributed by atoms with E-state index in [2.05, 4.69) is 5.32 Å². The lowest BCUT2D eigenvalue weighted by Gasteiger charge is -2.25. The Morgan fingerprint density at radius 1 is 0.931 bits per heavy atom. The predicted octanol–water partition coefficient (Wildman–Crippen LogP) is 4.79. The van der Waals surface area contributed by atoms with Crippen LogP contribution < -0.4 is 9.62 Å². The maximum absolute atomic E-state index is 13.3. The minimum atomic E-state index is -3.94. The van der Waals surface area contributed by atoms with Crippen LogP contribution in [0.4, 0.5) is 11.4 Å². The Morgan fingerprint density at radius 3 is 2.28 bits per heavy atom. The van der Waals surface area contributed by atoms with Gasteiger partial charge in [-0.1, -0.05) is 54.1 Å². The molecule has 0 bridgehead atoms. The summed E-state index contributed by atoms with van der Waals surface area (Å²) in [5.41, 5.74) is 2.47. The molecule has 0 aliphatic carbocycles. The van der Waals surface area contributed by atoms with E-state index < -0.39 is 15.9 Å². The molecule has 0 aliphatic heterocycles. The summed E-state index contributed by atoms with van der Waals surface area (Å²) in [6, 6.07) is 20.3. The molecule has 0 heterocycles. The van der Waals surface area contributed by atoms with Crippen LogP contribution in [0.3, 0.4) is 0 Å². The van der Waals surface area contributed by atoms with Gasteiger partial charge in [0.15, 0.2) is 0 Å². The fourth-order valence-electron chi connectivity index (χ4n) is 2.93. The van der Waals surface area contributed by atoms with Crippen molar-refractivity contribution in [1.29, 1.82) is 0 Å². The van der Waals surface area contributed by atoms with Gasteiger partial charge in [0.1, 0.15) is 6.54 Å². The number of rotatable bonds is 6. The highest BCUT2D eigenvalue weighted by atomic mass is 35.5. The lowest BCUT2D eigenvalue weighted by atomic mass is 10.2. The van der Waals surface area contributed by atoms with Gasteiger partial charge >= 0.3 is 0 Å². The molecule has 0 atom stereocenters. The first-order chi connectivity index (χ1) is 13.8. The number of anilines is 2. The Morgan fingerprint density at radius 2 is 1.59 bits per heavy atom. The topological polar surface area (TPSA) is 66.5 Å². The van der Waals surface area contributed by atoms with Gasteiger partial charge in [0.05, 0.1) is 10.6 Å². The summed E-state index contributed by atoms with van der Waals surface area (Å²) in [6.07, 6.45) is 0. The third-order valence-electron chi connectivity index (χ3n) is 4.54. The highest BCUT2D eigenvalue weighted by Crippen LogP contribution is 2.27. The van der Waals surface area contributed by atoms with E-state index in [-0.39, 0.29) is 11.4 Å². The van der Waals surface area contributed by atoms with Crippen molar-refractivity contribution in [1.82, 2.24) is 0 Å². The van der Waals surface area contributed by atoms with Crippen LogP contribution in [-0.4, -0.2) is 20.9 Å². The Hall–Kier alpha value is -2.83. The van der Waals surface area contributed by atoms with E-state index in [1.165, 1.54) is 12.1 Å². The second-order valence-electron chi connectivity index (χ2n) is 6.57. The number of carbonyl (C=O) groups is 1. The fraction of sp³-hybridized carbons (Fsp3) is 0.136. The molecule has 0 saturated carbocycles. The Labute approximate surface area is 176 Å². The number of carbonyl (C=O) groups excluding carboxylic acids is 1. The first-order valence-electron chi connectivity index (χ1n) is 8.99. The van der Waals surface area contributed by atoms with Crippen LogP contribution >= 0.6 is 11.6 Å². The number of nitrogens with zero attached hydrogens (tertiary/aromatic N) is 1. The van der Waals surface area contributed by atoms with Gasteiger partial charge in [-0.3, -0.25) is 9.10 Å². The van der Waals surface area contributed by atoms with Crippen LogP contribution in [0.25, 0.3) is 0 Å². The maximum Gasteiger partial charge on any atom is 0.264 e. The Kier molecular flexibility index (Phi) is 6.25. The van der Waals surface area contributed by atoms with E-state index in [1.54, 1.807) is 55.5 Å². The summed E-state index contributed by atoms with van der Waals surface area (Å²) < 4.78 is 27.8. The van der Waals surface area contributed by atoms with Gasteiger partial charge in [-0.2, -0.15) is 0 Å². The lowest BCUT2D eigenvalue weighted by Crippen LogP contribution is -2.38. The number of amides is 1. The second kappa shape index (κ2) is 8.68. The zero-order chi connectivity index (χ0) is 21.0. The largest absolute Gasteiger partial charge is 0.324 e. The van der Waals surface area contributed by atoms with Crippen molar-refractivity contribution in [3.63, 3.8) is 0 Å². The first-order valence-corrected chi connectivity index (χ1v) is 10.8. The minimum Gasteiger partial charge on any atom is -0.324 e. The number of hydrogen-bond acceptors (Lipinski definition) is 3. The lowest BCUT2D eigenvalue weighted by molar-refractivity contribution is -0.114. The summed E-state index contributed by atoms with van der Waals surface area (Å²) in [4.78, 5) is 12.9. The number of para-hydroxylation sites is 1. The van der Waals surface area contributed by atoms with E-state index in [9.17, 15) is 13.2 Å². The van der Waals surface area contributed by atoms with Gasteiger partial charge in [-0.05, 0) is 55.3 Å². The molecule has 0 radical (unpaired) electrons. The van der Waals surface area contributed by atoms with Crippen molar-refractivity contribution in [2.75, 3.05) is 16.2 Å². The average Bonchev–Trinajstić information content (AvgIpc) is 2.71. The highest BCUT2D eigenvalue weighted by Gasteiger charge is 2.28. The molecule has 29 heavy (non-hydrogen) atoms. The minimum absolute atomic E-state index is 0.120. The molecule has 7 heteroatoms. The van der Waals surface area contributed by atoms with E-state index >= 15 is 0 Å². The SMILES string of the molecule is Cc1ccccc1N(CC(=O)Nc1cccc(Cl)c1C)S(=O)(=O)c1ccccc1. The van der Waals surface area contributed by atoms with Crippen molar-refractivity contribution in [3.8, 4) is 0 Å². The van der Waals surface area contributed by atoms with Crippen LogP contribution in [-0.2, 0) is 14.8 Å². The van der Waals surface area contributed by atoms with Crippen molar-refractivity contribution in [3.05, 3.63) is 88.9 Å². The monoisotopic (exact) mass is 428 g/mol. The quantitative estimate of drug-likeness (QED) is 0.613. The predicted molar refractivity (Wildman–Crippen MR) is 117 cm³/mol. The summed E-state index contributed by atoms with van der Waals surface area (Å²) in [6.45, 7) is 3.23. The van der Waals surface area contributed by atoms with E-state index in [0.29, 0.717) is 16.4 Å². The third kappa shape index (κ3) is 4.60. The molecule has 3 aromatic carbocycles. The number of sulfonamides is 1. The first kappa shape index (κ1) is 20.9.